The first-order chi connectivity index (χ1) is 14.3. The van der Waals surface area contributed by atoms with Gasteiger partial charge in [-0.15, -0.1) is 5.10 Å². The van der Waals surface area contributed by atoms with E-state index in [1.165, 1.54) is 5.56 Å². The molecule has 0 aliphatic heterocycles. The number of hydrogen-bond acceptors (Lipinski definition) is 6. The number of hydrogen-bond donors (Lipinski definition) is 2. The molecule has 156 valence electrons. The van der Waals surface area contributed by atoms with Crippen LogP contribution in [0.3, 0.4) is 0 Å². The third kappa shape index (κ3) is 5.35. The molecule has 9 heteroatoms. The fourth-order valence-electron chi connectivity index (χ4n) is 2.66. The lowest BCUT2D eigenvalue weighted by Gasteiger charge is -2.14. The summed E-state index contributed by atoms with van der Waals surface area (Å²) in [7, 11) is 0. The lowest BCUT2D eigenvalue weighted by Crippen LogP contribution is -2.17. The van der Waals surface area contributed by atoms with Crippen LogP contribution < -0.4 is 5.73 Å². The number of aromatic amines is 1. The van der Waals surface area contributed by atoms with Crippen LogP contribution in [0.2, 0.25) is 0 Å². The minimum Gasteiger partial charge on any atom is -0.462 e. The van der Waals surface area contributed by atoms with Crippen LogP contribution in [-0.4, -0.2) is 37.3 Å². The van der Waals surface area contributed by atoms with Gasteiger partial charge in [0.1, 0.15) is 15.0 Å². The Morgan fingerprint density at radius 2 is 1.93 bits per heavy atom. The number of aromatic nitrogens is 5. The standard InChI is InChI=1S/C16H13IN6.C5H10O2/c17-15-14(11-6-7-13-12(8-11)16(18)21-19-13)20-22-23(15)9-10-4-2-1-3-5-10;1-5(2,3)7-4-6/h1-8H,9H2,(H3,18,19,21);4H,1-3H3. The molecule has 0 unspecified atom stereocenters. The van der Waals surface area contributed by atoms with Crippen LogP contribution in [0.15, 0.2) is 48.5 Å². The van der Waals surface area contributed by atoms with Crippen LogP contribution in [0.1, 0.15) is 26.3 Å². The number of H-pyrrole nitrogens is 1. The first-order valence-electron chi connectivity index (χ1n) is 9.27. The normalized spacial score (nSPS) is 11.1. The molecule has 0 fully saturated rings. The summed E-state index contributed by atoms with van der Waals surface area (Å²) in [5, 5.41) is 16.4. The second-order valence-electron chi connectivity index (χ2n) is 7.57. The fourth-order valence-corrected chi connectivity index (χ4v) is 3.35. The highest BCUT2D eigenvalue weighted by atomic mass is 127. The molecule has 2 heterocycles. The van der Waals surface area contributed by atoms with Crippen molar-refractivity contribution in [2.24, 2.45) is 0 Å². The quantitative estimate of drug-likeness (QED) is 0.312. The van der Waals surface area contributed by atoms with Gasteiger partial charge >= 0.3 is 0 Å². The zero-order valence-electron chi connectivity index (χ0n) is 17.0. The lowest BCUT2D eigenvalue weighted by molar-refractivity contribution is -0.138. The number of rotatable bonds is 4. The average Bonchev–Trinajstić information content (AvgIpc) is 3.25. The minimum atomic E-state index is -0.318. The van der Waals surface area contributed by atoms with Gasteiger partial charge in [-0.2, -0.15) is 5.10 Å². The number of nitrogens with zero attached hydrogens (tertiary/aromatic N) is 4. The number of halogens is 1. The molecule has 0 amide bonds. The molecule has 4 rings (SSSR count). The van der Waals surface area contributed by atoms with Gasteiger partial charge in [-0.05, 0) is 61.1 Å². The van der Waals surface area contributed by atoms with Gasteiger partial charge in [0, 0.05) is 10.9 Å². The number of ether oxygens (including phenoxy) is 1. The van der Waals surface area contributed by atoms with Gasteiger partial charge in [0.2, 0.25) is 0 Å². The molecule has 2 aromatic carbocycles. The number of nitrogen functional groups attached to an aromatic ring is 1. The van der Waals surface area contributed by atoms with E-state index >= 15 is 0 Å². The van der Waals surface area contributed by atoms with Crippen molar-refractivity contribution < 1.29 is 9.53 Å². The van der Waals surface area contributed by atoms with Crippen molar-refractivity contribution in [2.45, 2.75) is 32.9 Å². The third-order valence-electron chi connectivity index (χ3n) is 4.12. The van der Waals surface area contributed by atoms with Crippen molar-refractivity contribution in [3.05, 3.63) is 57.8 Å². The molecule has 0 aliphatic carbocycles. The van der Waals surface area contributed by atoms with Gasteiger partial charge in [0.05, 0.1) is 12.1 Å². The number of nitrogens with one attached hydrogen (secondary N) is 1. The van der Waals surface area contributed by atoms with Crippen molar-refractivity contribution in [1.29, 1.82) is 0 Å². The van der Waals surface area contributed by atoms with Crippen molar-refractivity contribution >= 4 is 45.8 Å². The van der Waals surface area contributed by atoms with Gasteiger partial charge in [-0.25, -0.2) is 4.68 Å². The first kappa shape index (κ1) is 21.8. The van der Waals surface area contributed by atoms with E-state index < -0.39 is 0 Å². The summed E-state index contributed by atoms with van der Waals surface area (Å²) in [6.45, 7) is 6.62. The zero-order valence-corrected chi connectivity index (χ0v) is 19.1. The van der Waals surface area contributed by atoms with E-state index in [0.29, 0.717) is 18.8 Å². The number of anilines is 1. The summed E-state index contributed by atoms with van der Waals surface area (Å²) in [6.07, 6.45) is 0. The van der Waals surface area contributed by atoms with Crippen LogP contribution in [-0.2, 0) is 16.1 Å². The maximum Gasteiger partial charge on any atom is 0.293 e. The Hall–Kier alpha value is -2.95. The summed E-state index contributed by atoms with van der Waals surface area (Å²) < 4.78 is 7.44. The Morgan fingerprint density at radius 3 is 2.57 bits per heavy atom. The lowest BCUT2D eigenvalue weighted by atomic mass is 10.1. The van der Waals surface area contributed by atoms with Crippen molar-refractivity contribution in [2.75, 3.05) is 5.73 Å². The molecule has 0 saturated carbocycles. The van der Waals surface area contributed by atoms with Gasteiger partial charge in [-0.1, -0.05) is 41.6 Å². The monoisotopic (exact) mass is 518 g/mol. The Bertz CT molecular complexity index is 1130. The highest BCUT2D eigenvalue weighted by Crippen LogP contribution is 2.28. The Labute approximate surface area is 187 Å². The molecule has 0 atom stereocenters. The fraction of sp³-hybridized carbons (Fsp3) is 0.238. The van der Waals surface area contributed by atoms with Crippen molar-refractivity contribution in [1.82, 2.24) is 25.2 Å². The topological polar surface area (TPSA) is 112 Å². The maximum absolute atomic E-state index is 9.60. The second kappa shape index (κ2) is 9.24. The van der Waals surface area contributed by atoms with Gasteiger partial charge in [0.25, 0.3) is 6.47 Å². The van der Waals surface area contributed by atoms with Crippen LogP contribution in [0.25, 0.3) is 22.2 Å². The molecule has 0 spiro atoms. The molecule has 0 saturated heterocycles. The molecule has 2 aromatic heterocycles. The van der Waals surface area contributed by atoms with Crippen molar-refractivity contribution in [3.63, 3.8) is 0 Å². The second-order valence-corrected chi connectivity index (χ2v) is 8.59. The van der Waals surface area contributed by atoms with Crippen LogP contribution in [0.5, 0.6) is 0 Å². The van der Waals surface area contributed by atoms with Gasteiger partial charge in [0.15, 0.2) is 5.82 Å². The molecular formula is C21H23IN6O2. The largest absolute Gasteiger partial charge is 0.462 e. The molecule has 0 bridgehead atoms. The van der Waals surface area contributed by atoms with Gasteiger partial charge < -0.3 is 10.5 Å². The SMILES string of the molecule is CC(C)(C)OC=O.Nc1n[nH]c2ccc(-c3nnn(Cc4ccccc4)c3I)cc12. The molecule has 3 N–H and O–H groups in total. The molecule has 0 aliphatic rings. The van der Waals surface area contributed by atoms with Crippen LogP contribution in [0, 0.1) is 3.70 Å². The molecule has 30 heavy (non-hydrogen) atoms. The number of carbonyl (C=O) groups excluding carboxylic acids is 1. The van der Waals surface area contributed by atoms with Crippen LogP contribution in [0.4, 0.5) is 5.82 Å². The number of carbonyl (C=O) groups is 1. The zero-order chi connectivity index (χ0) is 21.7. The summed E-state index contributed by atoms with van der Waals surface area (Å²) in [4.78, 5) is 9.60. The number of benzene rings is 2. The summed E-state index contributed by atoms with van der Waals surface area (Å²) in [5.41, 5.74) is 9.50. The highest BCUT2D eigenvalue weighted by molar-refractivity contribution is 14.1. The van der Waals surface area contributed by atoms with E-state index in [0.717, 1.165) is 25.9 Å². The van der Waals surface area contributed by atoms with E-state index in [-0.39, 0.29) is 5.60 Å². The molecule has 0 radical (unpaired) electrons. The third-order valence-corrected chi connectivity index (χ3v) is 5.19. The number of fused-ring (bicyclic) bond motifs is 1. The Kier molecular flexibility index (Phi) is 6.70. The van der Waals surface area contributed by atoms with E-state index in [2.05, 4.69) is 60.0 Å². The highest BCUT2D eigenvalue weighted by Gasteiger charge is 2.14. The predicted octanol–water partition coefficient (Wildman–Crippen LogP) is 4.01. The van der Waals surface area contributed by atoms with E-state index in [4.69, 9.17) is 5.73 Å². The predicted molar refractivity (Wildman–Crippen MR) is 125 cm³/mol. The smallest absolute Gasteiger partial charge is 0.293 e. The first-order valence-corrected chi connectivity index (χ1v) is 10.3. The average molecular weight is 518 g/mol. The van der Waals surface area contributed by atoms with E-state index in [9.17, 15) is 4.79 Å². The minimum absolute atomic E-state index is 0.318. The van der Waals surface area contributed by atoms with E-state index in [1.807, 2.05) is 61.9 Å². The maximum atomic E-state index is 9.60. The summed E-state index contributed by atoms with van der Waals surface area (Å²) >= 11 is 2.28. The summed E-state index contributed by atoms with van der Waals surface area (Å²) in [6, 6.07) is 16.2. The Balaban J connectivity index is 0.000000318. The van der Waals surface area contributed by atoms with Gasteiger partial charge in [-0.3, -0.25) is 9.89 Å². The van der Waals surface area contributed by atoms with Crippen LogP contribution >= 0.6 is 22.6 Å². The van der Waals surface area contributed by atoms with Crippen molar-refractivity contribution in [3.8, 4) is 11.3 Å². The molecule has 8 nitrogen and oxygen atoms in total. The molecular weight excluding hydrogens is 495 g/mol. The summed E-state index contributed by atoms with van der Waals surface area (Å²) in [5.74, 6) is 0.494. The van der Waals surface area contributed by atoms with E-state index in [1.54, 1.807) is 0 Å². The number of nitrogens with two attached hydrogens (primary N) is 1. The Morgan fingerprint density at radius 1 is 1.20 bits per heavy atom. The molecule has 4 aromatic rings.